The Labute approximate surface area is 174 Å². The van der Waals surface area contributed by atoms with E-state index in [1.807, 2.05) is 59.5 Å². The van der Waals surface area contributed by atoms with Gasteiger partial charge in [-0.1, -0.05) is 35.9 Å². The van der Waals surface area contributed by atoms with E-state index in [4.69, 9.17) is 9.84 Å². The number of para-hydroxylation sites is 1. The van der Waals surface area contributed by atoms with Crippen molar-refractivity contribution in [1.82, 2.24) is 19.2 Å². The Morgan fingerprint density at radius 3 is 2.43 bits per heavy atom. The molecule has 0 radical (unpaired) electrons. The average molecular weight is 398 g/mol. The maximum Gasteiger partial charge on any atom is 0.261 e. The number of carbonyl (C=O) groups excluding carboxylic acids is 1. The summed E-state index contributed by atoms with van der Waals surface area (Å²) in [7, 11) is 0. The number of amides is 1. The smallest absolute Gasteiger partial charge is 0.261 e. The lowest BCUT2D eigenvalue weighted by molar-refractivity contribution is -0.134. The van der Waals surface area contributed by atoms with E-state index in [2.05, 4.69) is 35.8 Å². The first-order valence-electron chi connectivity index (χ1n) is 9.96. The third kappa shape index (κ3) is 3.37. The minimum atomic E-state index is -0.0443. The molecule has 0 bridgehead atoms. The second kappa shape index (κ2) is 7.55. The van der Waals surface area contributed by atoms with Crippen molar-refractivity contribution in [2.24, 2.45) is 0 Å². The van der Waals surface area contributed by atoms with Crippen molar-refractivity contribution in [3.8, 4) is 17.3 Å². The standard InChI is InChI=1S/C24H22N4O2/c1-18-9-11-19(12-10-18)28-24(26-13-5-6-14-26)21-15-27(16-22(21)25-28)23(29)17-30-20-7-3-2-4-8-20/h2-14H,15-17H2,1H3. The highest BCUT2D eigenvalue weighted by atomic mass is 16.5. The molecule has 0 saturated carbocycles. The van der Waals surface area contributed by atoms with Crippen LogP contribution in [-0.2, 0) is 17.9 Å². The lowest BCUT2D eigenvalue weighted by Gasteiger charge is -2.18. The highest BCUT2D eigenvalue weighted by Gasteiger charge is 2.31. The Morgan fingerprint density at radius 2 is 1.70 bits per heavy atom. The number of nitrogens with zero attached hydrogens (tertiary/aromatic N) is 4. The quantitative estimate of drug-likeness (QED) is 0.512. The summed E-state index contributed by atoms with van der Waals surface area (Å²) in [5, 5.41) is 4.86. The number of aromatic nitrogens is 3. The second-order valence-electron chi connectivity index (χ2n) is 7.44. The number of ether oxygens (including phenoxy) is 1. The van der Waals surface area contributed by atoms with Crippen LogP contribution in [-0.4, -0.2) is 31.8 Å². The van der Waals surface area contributed by atoms with Gasteiger partial charge in [0.25, 0.3) is 5.91 Å². The number of hydrogen-bond donors (Lipinski definition) is 0. The Balaban J connectivity index is 1.41. The molecular weight excluding hydrogens is 376 g/mol. The molecule has 0 aliphatic carbocycles. The van der Waals surface area contributed by atoms with Crippen LogP contribution < -0.4 is 4.74 Å². The summed E-state index contributed by atoms with van der Waals surface area (Å²) in [5.74, 6) is 1.62. The van der Waals surface area contributed by atoms with Crippen LogP contribution in [0.4, 0.5) is 0 Å². The van der Waals surface area contributed by atoms with Crippen LogP contribution in [0.5, 0.6) is 5.75 Å². The maximum atomic E-state index is 12.7. The lowest BCUT2D eigenvalue weighted by atomic mass is 10.2. The summed E-state index contributed by atoms with van der Waals surface area (Å²) in [4.78, 5) is 14.5. The van der Waals surface area contributed by atoms with E-state index in [0.29, 0.717) is 18.8 Å². The molecule has 150 valence electrons. The van der Waals surface area contributed by atoms with Crippen LogP contribution in [0.25, 0.3) is 11.5 Å². The number of carbonyl (C=O) groups is 1. The van der Waals surface area contributed by atoms with Gasteiger partial charge in [0.2, 0.25) is 0 Å². The molecule has 0 N–H and O–H groups in total. The van der Waals surface area contributed by atoms with Crippen molar-refractivity contribution >= 4 is 5.91 Å². The first-order chi connectivity index (χ1) is 14.7. The van der Waals surface area contributed by atoms with Crippen molar-refractivity contribution in [2.45, 2.75) is 20.0 Å². The number of aryl methyl sites for hydroxylation is 1. The summed E-state index contributed by atoms with van der Waals surface area (Å²) in [6.07, 6.45) is 4.01. The molecule has 1 amide bonds. The first kappa shape index (κ1) is 18.2. The minimum Gasteiger partial charge on any atom is -0.484 e. The molecule has 1 aliphatic heterocycles. The molecule has 0 saturated heterocycles. The number of hydrogen-bond acceptors (Lipinski definition) is 3. The molecule has 0 unspecified atom stereocenters. The fraction of sp³-hybridized carbons (Fsp3) is 0.167. The van der Waals surface area contributed by atoms with Crippen molar-refractivity contribution in [2.75, 3.05) is 6.61 Å². The van der Waals surface area contributed by atoms with E-state index in [-0.39, 0.29) is 12.5 Å². The summed E-state index contributed by atoms with van der Waals surface area (Å²) in [6, 6.07) is 21.7. The van der Waals surface area contributed by atoms with E-state index in [1.54, 1.807) is 4.90 Å². The number of fused-ring (bicyclic) bond motifs is 1. The SMILES string of the molecule is Cc1ccc(-n2nc3c(c2-n2cccc2)CN(C(=O)COc2ccccc2)C3)cc1. The fourth-order valence-electron chi connectivity index (χ4n) is 3.74. The lowest BCUT2D eigenvalue weighted by Crippen LogP contribution is -2.31. The molecule has 30 heavy (non-hydrogen) atoms. The van der Waals surface area contributed by atoms with E-state index < -0.39 is 0 Å². The predicted molar refractivity (Wildman–Crippen MR) is 114 cm³/mol. The highest BCUT2D eigenvalue weighted by Crippen LogP contribution is 2.30. The highest BCUT2D eigenvalue weighted by molar-refractivity contribution is 5.78. The summed E-state index contributed by atoms with van der Waals surface area (Å²) >= 11 is 0. The molecule has 5 rings (SSSR count). The molecule has 0 fully saturated rings. The average Bonchev–Trinajstić information content (AvgIpc) is 3.49. The van der Waals surface area contributed by atoms with Crippen LogP contribution in [0.3, 0.4) is 0 Å². The molecule has 0 atom stereocenters. The molecule has 1 aliphatic rings. The van der Waals surface area contributed by atoms with Gasteiger partial charge in [0.1, 0.15) is 11.6 Å². The van der Waals surface area contributed by atoms with Gasteiger partial charge in [0, 0.05) is 18.0 Å². The third-order valence-corrected chi connectivity index (χ3v) is 5.31. The van der Waals surface area contributed by atoms with Crippen LogP contribution in [0.2, 0.25) is 0 Å². The first-order valence-corrected chi connectivity index (χ1v) is 9.96. The Hall–Kier alpha value is -3.80. The zero-order chi connectivity index (χ0) is 20.5. The van der Waals surface area contributed by atoms with Crippen LogP contribution in [0.15, 0.2) is 79.1 Å². The van der Waals surface area contributed by atoms with E-state index in [1.165, 1.54) is 5.56 Å². The molecule has 2 aromatic heterocycles. The van der Waals surface area contributed by atoms with Gasteiger partial charge in [-0.15, -0.1) is 0 Å². The molecule has 6 heteroatoms. The van der Waals surface area contributed by atoms with E-state index >= 15 is 0 Å². The van der Waals surface area contributed by atoms with Crippen molar-refractivity contribution in [3.63, 3.8) is 0 Å². The largest absolute Gasteiger partial charge is 0.484 e. The van der Waals surface area contributed by atoms with E-state index in [0.717, 1.165) is 22.8 Å². The fourth-order valence-corrected chi connectivity index (χ4v) is 3.74. The van der Waals surface area contributed by atoms with Gasteiger partial charge in [-0.3, -0.25) is 4.79 Å². The number of rotatable bonds is 5. The molecule has 2 aromatic carbocycles. The summed E-state index contributed by atoms with van der Waals surface area (Å²) < 4.78 is 9.66. The minimum absolute atomic E-state index is 0.0190. The normalized spacial score (nSPS) is 12.8. The van der Waals surface area contributed by atoms with Gasteiger partial charge in [0.15, 0.2) is 6.61 Å². The summed E-state index contributed by atoms with van der Waals surface area (Å²) in [6.45, 7) is 3.09. The third-order valence-electron chi connectivity index (χ3n) is 5.31. The van der Waals surface area contributed by atoms with Gasteiger partial charge in [0.05, 0.1) is 24.5 Å². The van der Waals surface area contributed by atoms with Gasteiger partial charge in [-0.05, 0) is 43.3 Å². The molecule has 6 nitrogen and oxygen atoms in total. The van der Waals surface area contributed by atoms with Crippen LogP contribution in [0, 0.1) is 6.92 Å². The van der Waals surface area contributed by atoms with Crippen molar-refractivity contribution in [1.29, 1.82) is 0 Å². The Bertz CT molecular complexity index is 1160. The zero-order valence-electron chi connectivity index (χ0n) is 16.7. The molecule has 4 aromatic rings. The van der Waals surface area contributed by atoms with E-state index in [9.17, 15) is 4.79 Å². The molecular formula is C24H22N4O2. The zero-order valence-corrected chi connectivity index (χ0v) is 16.7. The van der Waals surface area contributed by atoms with Crippen LogP contribution >= 0.6 is 0 Å². The number of benzene rings is 2. The monoisotopic (exact) mass is 398 g/mol. The van der Waals surface area contributed by atoms with Gasteiger partial charge in [-0.25, -0.2) is 4.68 Å². The van der Waals surface area contributed by atoms with Gasteiger partial charge >= 0.3 is 0 Å². The predicted octanol–water partition coefficient (Wildman–Crippen LogP) is 3.89. The van der Waals surface area contributed by atoms with Gasteiger partial charge in [-0.2, -0.15) is 5.10 Å². The van der Waals surface area contributed by atoms with Crippen LogP contribution in [0.1, 0.15) is 16.8 Å². The maximum absolute atomic E-state index is 12.7. The Morgan fingerprint density at radius 1 is 0.967 bits per heavy atom. The summed E-state index contributed by atoms with van der Waals surface area (Å²) in [5.41, 5.74) is 4.20. The van der Waals surface area contributed by atoms with Crippen molar-refractivity contribution in [3.05, 3.63) is 95.9 Å². The topological polar surface area (TPSA) is 52.3 Å². The Kier molecular flexibility index (Phi) is 4.59. The van der Waals surface area contributed by atoms with Crippen molar-refractivity contribution < 1.29 is 9.53 Å². The van der Waals surface area contributed by atoms with Gasteiger partial charge < -0.3 is 14.2 Å². The second-order valence-corrected chi connectivity index (χ2v) is 7.44. The molecule has 3 heterocycles. The molecule has 0 spiro atoms.